The van der Waals surface area contributed by atoms with Gasteiger partial charge in [0.1, 0.15) is 11.3 Å². The topological polar surface area (TPSA) is 153 Å². The Kier molecular flexibility index (Phi) is 7.63. The highest BCUT2D eigenvalue weighted by Gasteiger charge is 2.22. The van der Waals surface area contributed by atoms with Crippen LogP contribution in [0.15, 0.2) is 58.2 Å². The van der Waals surface area contributed by atoms with Gasteiger partial charge in [-0.15, -0.1) is 0 Å². The van der Waals surface area contributed by atoms with Crippen LogP contribution >= 0.6 is 11.8 Å². The summed E-state index contributed by atoms with van der Waals surface area (Å²) in [6, 6.07) is 15.7. The first-order valence-corrected chi connectivity index (χ1v) is 11.8. The van der Waals surface area contributed by atoms with Crippen molar-refractivity contribution in [2.24, 2.45) is 0 Å². The normalized spacial score (nSPS) is 14.0. The first-order valence-electron chi connectivity index (χ1n) is 10.8. The third-order valence-corrected chi connectivity index (χ3v) is 6.13. The van der Waals surface area contributed by atoms with Gasteiger partial charge >= 0.3 is 11.9 Å². The molecule has 12 heteroatoms. The molecular weight excluding hydrogens is 474 g/mol. The number of aromatic amines is 1. The number of imidazole rings is 1. The number of amides is 1. The molecule has 2 aromatic heterocycles. The summed E-state index contributed by atoms with van der Waals surface area (Å²) in [6.45, 7) is 3.92. The van der Waals surface area contributed by atoms with Crippen molar-refractivity contribution >= 4 is 51.7 Å². The van der Waals surface area contributed by atoms with Crippen LogP contribution in [-0.2, 0) is 20.9 Å². The fourth-order valence-electron chi connectivity index (χ4n) is 3.58. The van der Waals surface area contributed by atoms with E-state index in [0.29, 0.717) is 11.0 Å². The molecule has 3 N–H and O–H groups in total. The first-order chi connectivity index (χ1) is 16.9. The maximum absolute atomic E-state index is 12.6. The van der Waals surface area contributed by atoms with Crippen molar-refractivity contribution in [1.82, 2.24) is 24.8 Å². The lowest BCUT2D eigenvalue weighted by Crippen LogP contribution is -2.48. The summed E-state index contributed by atoms with van der Waals surface area (Å²) in [5.41, 5.74) is 3.63. The predicted molar refractivity (Wildman–Crippen MR) is 128 cm³/mol. The van der Waals surface area contributed by atoms with Crippen molar-refractivity contribution in [2.45, 2.75) is 11.8 Å². The molecule has 0 unspecified atom stereocenters. The lowest BCUT2D eigenvalue weighted by Gasteiger charge is -2.34. The molecule has 1 aliphatic rings. The number of para-hydroxylation sites is 4. The molecule has 0 bridgehead atoms. The highest BCUT2D eigenvalue weighted by Crippen LogP contribution is 2.23. The van der Waals surface area contributed by atoms with Gasteiger partial charge in [0, 0.05) is 26.2 Å². The van der Waals surface area contributed by atoms with Gasteiger partial charge in [0.05, 0.1) is 23.3 Å². The van der Waals surface area contributed by atoms with Crippen molar-refractivity contribution in [2.75, 3.05) is 31.9 Å². The van der Waals surface area contributed by atoms with E-state index in [0.717, 1.165) is 60.7 Å². The van der Waals surface area contributed by atoms with E-state index in [1.807, 2.05) is 53.4 Å². The number of benzene rings is 2. The van der Waals surface area contributed by atoms with Crippen LogP contribution in [0.4, 0.5) is 0 Å². The van der Waals surface area contributed by atoms with Gasteiger partial charge in [-0.05, 0) is 24.3 Å². The molecular formula is C23H23N5O6S. The quantitative estimate of drug-likeness (QED) is 0.276. The SMILES string of the molecule is O=C(CSc1nc2ccccc2o1)N1CCN(Cc2nc3ccccc3[nH]2)CC1.O=C(O)C(=O)O. The molecule has 0 radical (unpaired) electrons. The number of carbonyl (C=O) groups excluding carboxylic acids is 1. The number of H-pyrrole nitrogens is 1. The molecule has 1 aliphatic heterocycles. The van der Waals surface area contributed by atoms with E-state index < -0.39 is 11.9 Å². The van der Waals surface area contributed by atoms with Crippen LogP contribution in [0.3, 0.4) is 0 Å². The first kappa shape index (κ1) is 24.2. The second kappa shape index (κ2) is 11.0. The smallest absolute Gasteiger partial charge is 0.414 e. The summed E-state index contributed by atoms with van der Waals surface area (Å²) in [5, 5.41) is 15.3. The largest absolute Gasteiger partial charge is 0.473 e. The van der Waals surface area contributed by atoms with Gasteiger partial charge in [-0.2, -0.15) is 0 Å². The Morgan fingerprint density at radius 3 is 2.23 bits per heavy atom. The summed E-state index contributed by atoms with van der Waals surface area (Å²) in [5.74, 6) is -2.21. The maximum atomic E-state index is 12.6. The standard InChI is InChI=1S/C21H21N5O2S.C2H2O4/c27-20(14-29-21-24-17-7-3-4-8-18(17)28-21)26-11-9-25(10-12-26)13-19-22-15-5-1-2-6-16(15)23-19;3-1(4)2(5)6/h1-8H,9-14H2,(H,22,23);(H,3,4)(H,5,6). The van der Waals surface area contributed by atoms with Crippen LogP contribution in [-0.4, -0.2) is 84.7 Å². The zero-order chi connectivity index (χ0) is 24.8. The monoisotopic (exact) mass is 497 g/mol. The molecule has 4 aromatic rings. The average Bonchev–Trinajstić information content (AvgIpc) is 3.46. The third-order valence-electron chi connectivity index (χ3n) is 5.31. The number of nitrogens with zero attached hydrogens (tertiary/aromatic N) is 4. The van der Waals surface area contributed by atoms with Crippen LogP contribution in [0.1, 0.15) is 5.82 Å². The zero-order valence-corrected chi connectivity index (χ0v) is 19.4. The van der Waals surface area contributed by atoms with E-state index in [4.69, 9.17) is 24.2 Å². The number of fused-ring (bicyclic) bond motifs is 2. The lowest BCUT2D eigenvalue weighted by atomic mass is 10.3. The number of nitrogens with one attached hydrogen (secondary N) is 1. The molecule has 182 valence electrons. The summed E-state index contributed by atoms with van der Waals surface area (Å²) in [6.07, 6.45) is 0. The summed E-state index contributed by atoms with van der Waals surface area (Å²) < 4.78 is 5.68. The van der Waals surface area contributed by atoms with Gasteiger partial charge in [-0.3, -0.25) is 9.69 Å². The van der Waals surface area contributed by atoms with Gasteiger partial charge < -0.3 is 24.5 Å². The second-order valence-corrected chi connectivity index (χ2v) is 8.63. The fraction of sp³-hybridized carbons (Fsp3) is 0.261. The Morgan fingerprint density at radius 2 is 1.57 bits per heavy atom. The van der Waals surface area contributed by atoms with E-state index in [9.17, 15) is 4.79 Å². The highest BCUT2D eigenvalue weighted by atomic mass is 32.2. The average molecular weight is 498 g/mol. The number of carboxylic acids is 2. The maximum Gasteiger partial charge on any atom is 0.414 e. The van der Waals surface area contributed by atoms with Crippen LogP contribution in [0.5, 0.6) is 0 Å². The molecule has 3 heterocycles. The number of thioether (sulfide) groups is 1. The van der Waals surface area contributed by atoms with Crippen molar-refractivity contribution in [3.05, 3.63) is 54.4 Å². The Labute approximate surface area is 203 Å². The third kappa shape index (κ3) is 6.37. The molecule has 5 rings (SSSR count). The minimum atomic E-state index is -1.82. The zero-order valence-electron chi connectivity index (χ0n) is 18.6. The summed E-state index contributed by atoms with van der Waals surface area (Å²) >= 11 is 1.36. The van der Waals surface area contributed by atoms with Crippen molar-refractivity contribution in [3.63, 3.8) is 0 Å². The number of hydrogen-bond acceptors (Lipinski definition) is 8. The van der Waals surface area contributed by atoms with E-state index in [1.54, 1.807) is 0 Å². The Bertz CT molecular complexity index is 1270. The van der Waals surface area contributed by atoms with Crippen molar-refractivity contribution < 1.29 is 29.0 Å². The minimum Gasteiger partial charge on any atom is -0.473 e. The van der Waals surface area contributed by atoms with E-state index in [2.05, 4.69) is 19.9 Å². The number of piperazine rings is 1. The summed E-state index contributed by atoms with van der Waals surface area (Å²) in [7, 11) is 0. The Morgan fingerprint density at radius 1 is 0.914 bits per heavy atom. The molecule has 35 heavy (non-hydrogen) atoms. The van der Waals surface area contributed by atoms with Crippen molar-refractivity contribution in [3.8, 4) is 0 Å². The Balaban J connectivity index is 0.000000431. The predicted octanol–water partition coefficient (Wildman–Crippen LogP) is 2.30. The lowest BCUT2D eigenvalue weighted by molar-refractivity contribution is -0.159. The van der Waals surface area contributed by atoms with E-state index in [-0.39, 0.29) is 5.91 Å². The van der Waals surface area contributed by atoms with Crippen LogP contribution < -0.4 is 0 Å². The van der Waals surface area contributed by atoms with E-state index in [1.165, 1.54) is 11.8 Å². The molecule has 0 saturated carbocycles. The number of hydrogen-bond donors (Lipinski definition) is 3. The number of carboxylic acid groups (broad SMARTS) is 2. The fourth-order valence-corrected chi connectivity index (χ4v) is 4.32. The molecule has 1 saturated heterocycles. The molecule has 1 amide bonds. The number of aliphatic carboxylic acids is 2. The molecule has 11 nitrogen and oxygen atoms in total. The van der Waals surface area contributed by atoms with E-state index >= 15 is 0 Å². The minimum absolute atomic E-state index is 0.126. The van der Waals surface area contributed by atoms with Crippen LogP contribution in [0, 0.1) is 0 Å². The second-order valence-electron chi connectivity index (χ2n) is 7.70. The van der Waals surface area contributed by atoms with Gasteiger partial charge in [0.2, 0.25) is 5.91 Å². The molecule has 0 atom stereocenters. The van der Waals surface area contributed by atoms with Crippen LogP contribution in [0.25, 0.3) is 22.1 Å². The van der Waals surface area contributed by atoms with Gasteiger partial charge in [0.15, 0.2) is 5.58 Å². The molecule has 0 aliphatic carbocycles. The van der Waals surface area contributed by atoms with Gasteiger partial charge in [-0.25, -0.2) is 19.6 Å². The molecule has 0 spiro atoms. The molecule has 1 fully saturated rings. The number of carbonyl (C=O) groups is 3. The van der Waals surface area contributed by atoms with Gasteiger partial charge in [0.25, 0.3) is 5.22 Å². The van der Waals surface area contributed by atoms with Crippen LogP contribution in [0.2, 0.25) is 0 Å². The van der Waals surface area contributed by atoms with Gasteiger partial charge in [-0.1, -0.05) is 36.0 Å². The highest BCUT2D eigenvalue weighted by molar-refractivity contribution is 7.99. The number of aromatic nitrogens is 3. The molecule has 2 aromatic carbocycles. The number of rotatable bonds is 5. The number of oxazole rings is 1. The van der Waals surface area contributed by atoms with Crippen molar-refractivity contribution in [1.29, 1.82) is 0 Å². The summed E-state index contributed by atoms with van der Waals surface area (Å²) in [4.78, 5) is 47.4. The Hall–Kier alpha value is -3.90.